The molecule has 41 heavy (non-hydrogen) atoms. The van der Waals surface area contributed by atoms with Crippen molar-refractivity contribution in [3.05, 3.63) is 76.6 Å². The lowest BCUT2D eigenvalue weighted by molar-refractivity contribution is -0.00467. The molecule has 0 radical (unpaired) electrons. The second kappa shape index (κ2) is 13.9. The third-order valence-corrected chi connectivity index (χ3v) is 9.31. The largest absolute Gasteiger partial charge is 0.389 e. The van der Waals surface area contributed by atoms with Gasteiger partial charge in [0.2, 0.25) is 5.82 Å². The van der Waals surface area contributed by atoms with Gasteiger partial charge in [-0.2, -0.15) is 0 Å². The molecule has 4 rings (SSSR count). The summed E-state index contributed by atoms with van der Waals surface area (Å²) in [5.41, 5.74) is 4.93. The average Bonchev–Trinajstić information content (AvgIpc) is 3.54. The van der Waals surface area contributed by atoms with Crippen molar-refractivity contribution in [2.24, 2.45) is 5.92 Å². The molecule has 0 saturated heterocycles. The molecule has 0 unspecified atom stereocenters. The molecular weight excluding hydrogens is 530 g/mol. The van der Waals surface area contributed by atoms with Crippen molar-refractivity contribution >= 4 is 20.2 Å². The molecule has 0 amide bonds. The third-order valence-electron chi connectivity index (χ3n) is 7.61. The van der Waals surface area contributed by atoms with Gasteiger partial charge in [0.05, 0.1) is 18.8 Å². The van der Waals surface area contributed by atoms with Crippen LogP contribution >= 0.6 is 0 Å². The number of ether oxygens (including phenoxy) is 1. The summed E-state index contributed by atoms with van der Waals surface area (Å²) in [5, 5.41) is 26.6. The summed E-state index contributed by atoms with van der Waals surface area (Å²) in [6.07, 6.45) is 6.34. The predicted molar refractivity (Wildman–Crippen MR) is 167 cm³/mol. The van der Waals surface area contributed by atoms with E-state index in [1.165, 1.54) is 16.1 Å². The summed E-state index contributed by atoms with van der Waals surface area (Å²) < 4.78 is 6.11. The van der Waals surface area contributed by atoms with E-state index in [2.05, 4.69) is 78.5 Å². The number of fused-ring (bicyclic) bond motifs is 1. The Bertz CT molecular complexity index is 1260. The van der Waals surface area contributed by atoms with Gasteiger partial charge in [-0.05, 0) is 85.5 Å². The van der Waals surface area contributed by atoms with Crippen LogP contribution in [-0.2, 0) is 17.6 Å². The first kappa shape index (κ1) is 31.1. The summed E-state index contributed by atoms with van der Waals surface area (Å²) in [4.78, 5) is 6.80. The van der Waals surface area contributed by atoms with Crippen LogP contribution in [0.5, 0.6) is 0 Å². The Morgan fingerprint density at radius 3 is 2.46 bits per heavy atom. The lowest BCUT2D eigenvalue weighted by Crippen LogP contribution is -2.45. The Kier molecular flexibility index (Phi) is 10.5. The maximum atomic E-state index is 10.7. The number of β-amino-alcohol motifs (C(OH)–C–C–N with tert-alkyl or cyclic N) is 1. The van der Waals surface area contributed by atoms with E-state index in [0.717, 1.165) is 36.4 Å². The van der Waals surface area contributed by atoms with E-state index in [0.29, 0.717) is 24.9 Å². The third kappa shape index (κ3) is 9.88. The molecule has 0 spiro atoms. The van der Waals surface area contributed by atoms with E-state index in [4.69, 9.17) is 9.57 Å². The minimum atomic E-state index is -1.18. The van der Waals surface area contributed by atoms with Gasteiger partial charge in [0.1, 0.15) is 6.61 Å². The Labute approximate surface area is 246 Å². The first-order valence-electron chi connectivity index (χ1n) is 14.8. The zero-order chi connectivity index (χ0) is 29.5. The second-order valence-electron chi connectivity index (χ2n) is 13.1. The van der Waals surface area contributed by atoms with E-state index >= 15 is 0 Å². The highest BCUT2D eigenvalue weighted by Gasteiger charge is 2.28. The minimum Gasteiger partial charge on any atom is -0.389 e. The van der Waals surface area contributed by atoms with E-state index < -0.39 is 14.2 Å². The normalized spacial score (nSPS) is 15.8. The molecule has 2 N–H and O–H groups in total. The summed E-state index contributed by atoms with van der Waals surface area (Å²) in [6, 6.07) is 17.9. The zero-order valence-electron chi connectivity index (χ0n) is 25.5. The maximum absolute atomic E-state index is 10.7. The molecule has 222 valence electrons. The number of benzene rings is 2. The topological polar surface area (TPSA) is 94.3 Å². The van der Waals surface area contributed by atoms with Gasteiger partial charge in [-0.3, -0.25) is 0 Å². The molecule has 0 bridgehead atoms. The molecule has 0 saturated carbocycles. The molecule has 2 aromatic carbocycles. The van der Waals surface area contributed by atoms with Crippen LogP contribution in [0.4, 0.5) is 0 Å². The molecule has 1 heterocycles. The van der Waals surface area contributed by atoms with Crippen LogP contribution in [-0.4, -0.2) is 65.0 Å². The average molecular weight is 578 g/mol. The van der Waals surface area contributed by atoms with E-state index in [9.17, 15) is 5.11 Å². The van der Waals surface area contributed by atoms with Crippen LogP contribution in [0.1, 0.15) is 61.4 Å². The molecule has 1 aliphatic rings. The highest BCUT2D eigenvalue weighted by Crippen LogP contribution is 2.32. The minimum absolute atomic E-state index is 0.0636. The van der Waals surface area contributed by atoms with Crippen molar-refractivity contribution in [2.75, 3.05) is 19.8 Å². The Balaban J connectivity index is 1.23. The van der Waals surface area contributed by atoms with Gasteiger partial charge in [0.25, 0.3) is 0 Å². The highest BCUT2D eigenvalue weighted by molar-refractivity contribution is 6.76. The molecule has 1 aliphatic carbocycles. The van der Waals surface area contributed by atoms with Crippen molar-refractivity contribution in [1.29, 1.82) is 0 Å². The molecule has 0 fully saturated rings. The number of aliphatic hydroxyl groups excluding tert-OH is 1. The quantitative estimate of drug-likeness (QED) is 0.239. The van der Waals surface area contributed by atoms with Crippen molar-refractivity contribution in [2.45, 2.75) is 83.5 Å². The molecule has 8 nitrogen and oxygen atoms in total. The number of rotatable bonds is 15. The van der Waals surface area contributed by atoms with E-state index in [-0.39, 0.29) is 18.2 Å². The second-order valence-corrected chi connectivity index (χ2v) is 18.8. The summed E-state index contributed by atoms with van der Waals surface area (Å²) >= 11 is 0. The lowest BCUT2D eigenvalue weighted by Gasteiger charge is -2.31. The van der Waals surface area contributed by atoms with Crippen LogP contribution in [0, 0.1) is 5.92 Å². The monoisotopic (exact) mass is 577 g/mol. The Morgan fingerprint density at radius 1 is 1.07 bits per heavy atom. The number of nitrogens with one attached hydrogen (secondary N) is 1. The van der Waals surface area contributed by atoms with Gasteiger partial charge in [-0.1, -0.05) is 79.3 Å². The van der Waals surface area contributed by atoms with Crippen molar-refractivity contribution in [3.8, 4) is 0 Å². The van der Waals surface area contributed by atoms with Crippen LogP contribution < -0.4 is 10.2 Å². The van der Waals surface area contributed by atoms with Gasteiger partial charge in [0.15, 0.2) is 0 Å². The molecular formula is C32H47N5O3Si. The van der Waals surface area contributed by atoms with Crippen LogP contribution in [0.15, 0.2) is 48.5 Å². The smallest absolute Gasteiger partial charge is 0.201 e. The summed E-state index contributed by atoms with van der Waals surface area (Å²) in [5.74, 6) is 1.11. The van der Waals surface area contributed by atoms with Crippen LogP contribution in [0.3, 0.4) is 0 Å². The number of aromatic nitrogens is 4. The maximum Gasteiger partial charge on any atom is 0.201 e. The first-order chi connectivity index (χ1) is 19.5. The van der Waals surface area contributed by atoms with Crippen molar-refractivity contribution in [1.82, 2.24) is 25.7 Å². The highest BCUT2D eigenvalue weighted by atomic mass is 28.3. The van der Waals surface area contributed by atoms with Gasteiger partial charge in [-0.25, -0.2) is 0 Å². The summed E-state index contributed by atoms with van der Waals surface area (Å²) in [7, 11) is -1.18. The number of hydrogen-bond donors (Lipinski definition) is 2. The van der Waals surface area contributed by atoms with Gasteiger partial charge in [-0.15, -0.1) is 5.10 Å². The molecule has 3 aromatic rings. The van der Waals surface area contributed by atoms with Gasteiger partial charge < -0.3 is 20.0 Å². The first-order valence-corrected chi connectivity index (χ1v) is 18.5. The molecule has 1 aromatic heterocycles. The van der Waals surface area contributed by atoms with Crippen LogP contribution in [0.25, 0.3) is 12.2 Å². The SMILES string of the molecule is C[C@@H](OC[C@H](O)CNC(C)(C)CC1Cc2ccccc2C1)c1ccccc1/C=C/c1nnn(OCC[Si](C)(C)C)n1. The molecule has 9 heteroatoms. The van der Waals surface area contributed by atoms with Crippen LogP contribution in [0.2, 0.25) is 25.7 Å². The fourth-order valence-corrected chi connectivity index (χ4v) is 6.05. The number of hydrogen-bond acceptors (Lipinski definition) is 7. The van der Waals surface area contributed by atoms with Crippen molar-refractivity contribution in [3.63, 3.8) is 0 Å². The number of tetrazole rings is 1. The Hall–Kier alpha value is -2.85. The van der Waals surface area contributed by atoms with E-state index in [1.54, 1.807) is 0 Å². The number of nitrogens with zero attached hydrogens (tertiary/aromatic N) is 4. The van der Waals surface area contributed by atoms with Gasteiger partial charge in [0, 0.05) is 25.1 Å². The molecule has 2 atom stereocenters. The van der Waals surface area contributed by atoms with Gasteiger partial charge >= 0.3 is 0 Å². The fraction of sp³-hybridized carbons (Fsp3) is 0.531. The lowest BCUT2D eigenvalue weighted by atomic mass is 9.88. The summed E-state index contributed by atoms with van der Waals surface area (Å²) in [6.45, 7) is 14.7. The Morgan fingerprint density at radius 2 is 1.76 bits per heavy atom. The zero-order valence-corrected chi connectivity index (χ0v) is 26.5. The van der Waals surface area contributed by atoms with E-state index in [1.807, 2.05) is 43.3 Å². The predicted octanol–water partition coefficient (Wildman–Crippen LogP) is 5.22. The fourth-order valence-electron chi connectivity index (χ4n) is 5.35. The molecule has 0 aliphatic heterocycles. The van der Waals surface area contributed by atoms with Crippen molar-refractivity contribution < 1.29 is 14.7 Å². The standard InChI is InChI=1S/C32H47N5O3Si/c1-24(39-23-29(38)22-33-32(2,3)21-25-19-27-12-7-8-13-28(27)20-25)30-14-10-9-11-26(30)15-16-31-34-36-37(35-31)40-17-18-41(4,5)6/h7-16,24-25,29,33,38H,17-23H2,1-6H3/b16-15+/t24-,29-/m1/s1. The number of aliphatic hydroxyl groups is 1.